The average molecular weight is 482 g/mol. The zero-order valence-corrected chi connectivity index (χ0v) is 20.2. The number of nitrogens with one attached hydrogen (secondary N) is 2. The van der Waals surface area contributed by atoms with Crippen LogP contribution in [-0.2, 0) is 4.79 Å². The Morgan fingerprint density at radius 1 is 0.972 bits per heavy atom. The molecule has 3 heterocycles. The average Bonchev–Trinajstić information content (AvgIpc) is 3.29. The normalized spacial score (nSPS) is 13.7. The molecule has 0 radical (unpaired) electrons. The predicted octanol–water partition coefficient (Wildman–Crippen LogP) is 3.98. The van der Waals surface area contributed by atoms with E-state index in [1.54, 1.807) is 35.7 Å². The maximum atomic E-state index is 11.8. The Hall–Kier alpha value is -4.55. The predicted molar refractivity (Wildman–Crippen MR) is 141 cm³/mol. The number of fused-ring (bicyclic) bond motifs is 1. The molecule has 0 atom stereocenters. The molecule has 2 aromatic carbocycles. The van der Waals surface area contributed by atoms with Crippen LogP contribution in [0.1, 0.15) is 6.92 Å². The molecule has 1 amide bonds. The van der Waals surface area contributed by atoms with Crippen molar-refractivity contribution in [2.24, 2.45) is 0 Å². The van der Waals surface area contributed by atoms with Gasteiger partial charge in [0.2, 0.25) is 11.8 Å². The maximum Gasteiger partial charge on any atom is 0.300 e. The summed E-state index contributed by atoms with van der Waals surface area (Å²) in [5.74, 6) is 6.18. The van der Waals surface area contributed by atoms with Crippen molar-refractivity contribution in [2.45, 2.75) is 6.92 Å². The van der Waals surface area contributed by atoms with E-state index in [0.717, 1.165) is 31.9 Å². The van der Waals surface area contributed by atoms with Crippen molar-refractivity contribution in [2.75, 3.05) is 48.8 Å². The van der Waals surface area contributed by atoms with E-state index in [-0.39, 0.29) is 5.91 Å². The number of benzene rings is 2. The molecule has 0 spiro atoms. The van der Waals surface area contributed by atoms with Gasteiger partial charge in [0, 0.05) is 55.4 Å². The fourth-order valence-electron chi connectivity index (χ4n) is 3.99. The molecule has 9 heteroatoms. The second-order valence-electron chi connectivity index (χ2n) is 8.49. The van der Waals surface area contributed by atoms with Crippen molar-refractivity contribution in [3.8, 4) is 23.5 Å². The molecule has 0 unspecified atom stereocenters. The molecule has 9 nitrogen and oxygen atoms in total. The third-order valence-corrected chi connectivity index (χ3v) is 5.87. The van der Waals surface area contributed by atoms with Crippen LogP contribution in [0.15, 0.2) is 66.7 Å². The largest absolute Gasteiger partial charge is 0.439 e. The molecule has 0 aliphatic carbocycles. The Bertz CT molecular complexity index is 1430. The van der Waals surface area contributed by atoms with Gasteiger partial charge in [-0.25, -0.2) is 0 Å². The van der Waals surface area contributed by atoms with E-state index < -0.39 is 0 Å². The lowest BCUT2D eigenvalue weighted by Gasteiger charge is -2.34. The molecule has 1 aliphatic rings. The van der Waals surface area contributed by atoms with Gasteiger partial charge in [-0.2, -0.15) is 9.50 Å². The maximum absolute atomic E-state index is 11.8. The molecule has 2 N–H and O–H groups in total. The van der Waals surface area contributed by atoms with Gasteiger partial charge in [0.1, 0.15) is 5.75 Å². The zero-order valence-electron chi connectivity index (χ0n) is 20.2. The van der Waals surface area contributed by atoms with Crippen LogP contribution >= 0.6 is 0 Å². The molecule has 182 valence electrons. The van der Waals surface area contributed by atoms with Gasteiger partial charge in [-0.1, -0.05) is 18.1 Å². The molecule has 1 fully saturated rings. The Balaban J connectivity index is 1.30. The van der Waals surface area contributed by atoms with Crippen LogP contribution in [0.3, 0.4) is 0 Å². The standard InChI is InChI=1S/C27H27N7O2/c1-3-6-25(35)28-21-7-4-8-23(19-21)36-26-10-5-9-24-30-27(31-34(24)26)29-20-11-13-22(14-12-20)33-17-15-32(2)16-18-33/h4-5,7-14,19H,15-18H2,1-2H3,(H,28,35)(H,29,31). The number of carbonyl (C=O) groups excluding carboxylic acids is 1. The summed E-state index contributed by atoms with van der Waals surface area (Å²) in [4.78, 5) is 21.1. The van der Waals surface area contributed by atoms with E-state index in [4.69, 9.17) is 4.74 Å². The molecular weight excluding hydrogens is 454 g/mol. The quantitative estimate of drug-likeness (QED) is 0.403. The SMILES string of the molecule is CC#CC(=O)Nc1cccc(Oc2cccc3nc(Nc4ccc(N5CCN(C)CC5)cc4)nn23)c1. The number of pyridine rings is 1. The van der Waals surface area contributed by atoms with Gasteiger partial charge in [-0.3, -0.25) is 4.79 Å². The van der Waals surface area contributed by atoms with Gasteiger partial charge in [0.05, 0.1) is 0 Å². The summed E-state index contributed by atoms with van der Waals surface area (Å²) >= 11 is 0. The van der Waals surface area contributed by atoms with Crippen molar-refractivity contribution in [1.29, 1.82) is 0 Å². The molecule has 4 aromatic rings. The number of piperazine rings is 1. The molecule has 0 bridgehead atoms. The Labute approximate surface area is 209 Å². The number of ether oxygens (including phenoxy) is 1. The lowest BCUT2D eigenvalue weighted by Crippen LogP contribution is -2.44. The van der Waals surface area contributed by atoms with Crippen molar-refractivity contribution in [3.05, 3.63) is 66.7 Å². The van der Waals surface area contributed by atoms with Gasteiger partial charge in [0.15, 0.2) is 5.65 Å². The fraction of sp³-hybridized carbons (Fsp3) is 0.222. The van der Waals surface area contributed by atoms with Crippen molar-refractivity contribution >= 4 is 34.6 Å². The summed E-state index contributed by atoms with van der Waals surface area (Å²) in [7, 11) is 2.16. The number of anilines is 4. The first-order chi connectivity index (χ1) is 17.6. The van der Waals surface area contributed by atoms with E-state index in [1.165, 1.54) is 5.69 Å². The number of likely N-dealkylation sites (N-methyl/N-ethyl adjacent to an activating group) is 1. The highest BCUT2D eigenvalue weighted by Crippen LogP contribution is 2.26. The van der Waals surface area contributed by atoms with Crippen LogP contribution in [0.5, 0.6) is 11.6 Å². The fourth-order valence-corrected chi connectivity index (χ4v) is 3.99. The van der Waals surface area contributed by atoms with Crippen LogP contribution < -0.4 is 20.3 Å². The van der Waals surface area contributed by atoms with Crippen molar-refractivity contribution < 1.29 is 9.53 Å². The van der Waals surface area contributed by atoms with E-state index >= 15 is 0 Å². The van der Waals surface area contributed by atoms with Crippen LogP contribution in [0.4, 0.5) is 23.0 Å². The van der Waals surface area contributed by atoms with E-state index in [2.05, 4.69) is 61.5 Å². The molecule has 1 saturated heterocycles. The molecule has 5 rings (SSSR count). The van der Waals surface area contributed by atoms with Gasteiger partial charge in [0.25, 0.3) is 5.91 Å². The summed E-state index contributed by atoms with van der Waals surface area (Å²) in [5.41, 5.74) is 3.36. The minimum Gasteiger partial charge on any atom is -0.439 e. The molecular formula is C27H27N7O2. The minimum absolute atomic E-state index is 0.375. The van der Waals surface area contributed by atoms with Crippen molar-refractivity contribution in [3.63, 3.8) is 0 Å². The molecule has 1 aliphatic heterocycles. The van der Waals surface area contributed by atoms with Crippen LogP contribution in [0.25, 0.3) is 5.65 Å². The Morgan fingerprint density at radius 3 is 2.53 bits per heavy atom. The number of carbonyl (C=O) groups is 1. The summed E-state index contributed by atoms with van der Waals surface area (Å²) in [6.45, 7) is 5.82. The highest BCUT2D eigenvalue weighted by molar-refractivity contribution is 6.03. The zero-order chi connectivity index (χ0) is 24.9. The smallest absolute Gasteiger partial charge is 0.300 e. The van der Waals surface area contributed by atoms with Gasteiger partial charge in [-0.05, 0) is 62.4 Å². The Kier molecular flexibility index (Phi) is 6.69. The summed E-state index contributed by atoms with van der Waals surface area (Å²) in [6.07, 6.45) is 0. The second kappa shape index (κ2) is 10.4. The highest BCUT2D eigenvalue weighted by Gasteiger charge is 2.14. The van der Waals surface area contributed by atoms with E-state index in [0.29, 0.717) is 28.9 Å². The minimum atomic E-state index is -0.375. The van der Waals surface area contributed by atoms with Crippen LogP contribution in [0.2, 0.25) is 0 Å². The second-order valence-corrected chi connectivity index (χ2v) is 8.49. The monoisotopic (exact) mass is 481 g/mol. The number of hydrogen-bond acceptors (Lipinski definition) is 7. The summed E-state index contributed by atoms with van der Waals surface area (Å²) in [5, 5.41) is 10.6. The third-order valence-electron chi connectivity index (χ3n) is 5.87. The van der Waals surface area contributed by atoms with Gasteiger partial charge in [-0.15, -0.1) is 5.10 Å². The molecule has 0 saturated carbocycles. The summed E-state index contributed by atoms with van der Waals surface area (Å²) < 4.78 is 7.70. The van der Waals surface area contributed by atoms with Crippen LogP contribution in [0, 0.1) is 11.8 Å². The number of nitrogens with zero attached hydrogens (tertiary/aromatic N) is 5. The Morgan fingerprint density at radius 2 is 1.75 bits per heavy atom. The lowest BCUT2D eigenvalue weighted by molar-refractivity contribution is -0.111. The van der Waals surface area contributed by atoms with E-state index in [1.807, 2.05) is 30.3 Å². The third kappa shape index (κ3) is 5.40. The first-order valence-corrected chi connectivity index (χ1v) is 11.8. The van der Waals surface area contributed by atoms with Gasteiger partial charge < -0.3 is 25.2 Å². The number of amides is 1. The summed E-state index contributed by atoms with van der Waals surface area (Å²) in [6, 6.07) is 21.0. The lowest BCUT2D eigenvalue weighted by atomic mass is 10.2. The first-order valence-electron chi connectivity index (χ1n) is 11.8. The molecule has 36 heavy (non-hydrogen) atoms. The van der Waals surface area contributed by atoms with Crippen molar-refractivity contribution in [1.82, 2.24) is 19.5 Å². The van der Waals surface area contributed by atoms with E-state index in [9.17, 15) is 4.79 Å². The highest BCUT2D eigenvalue weighted by atomic mass is 16.5. The topological polar surface area (TPSA) is 87.0 Å². The van der Waals surface area contributed by atoms with Crippen LogP contribution in [-0.4, -0.2) is 58.6 Å². The number of hydrogen-bond donors (Lipinski definition) is 2. The number of aromatic nitrogens is 3. The number of rotatable bonds is 6. The van der Waals surface area contributed by atoms with Gasteiger partial charge >= 0.3 is 0 Å². The molecule has 2 aromatic heterocycles. The first kappa shape index (κ1) is 23.2.